The SMILES string of the molecule is COC1(COc2cc(Cl)c(C#N)cc2NS(=O)(=O)c2cc(C(=O)O)ccc2C2CC2)CCC1. The second-order valence-corrected chi connectivity index (χ2v) is 10.5. The minimum absolute atomic E-state index is 0.0454. The molecular formula is C23H23ClN2O6S. The van der Waals surface area contributed by atoms with Crippen molar-refractivity contribution < 1.29 is 27.8 Å². The molecule has 33 heavy (non-hydrogen) atoms. The van der Waals surface area contributed by atoms with E-state index in [9.17, 15) is 23.6 Å². The number of carboxylic acids is 1. The molecule has 0 spiro atoms. The molecule has 0 unspecified atom stereocenters. The molecule has 2 saturated carbocycles. The molecule has 0 heterocycles. The molecular weight excluding hydrogens is 468 g/mol. The Kier molecular flexibility index (Phi) is 6.27. The highest BCUT2D eigenvalue weighted by Crippen LogP contribution is 2.44. The van der Waals surface area contributed by atoms with Gasteiger partial charge in [-0.1, -0.05) is 17.7 Å². The summed E-state index contributed by atoms with van der Waals surface area (Å²) in [6.07, 6.45) is 4.32. The number of carbonyl (C=O) groups is 1. The summed E-state index contributed by atoms with van der Waals surface area (Å²) in [7, 11) is -2.59. The minimum Gasteiger partial charge on any atom is -0.488 e. The first kappa shape index (κ1) is 23.4. The average Bonchev–Trinajstić information content (AvgIpc) is 3.59. The van der Waals surface area contributed by atoms with Gasteiger partial charge in [-0.05, 0) is 61.8 Å². The van der Waals surface area contributed by atoms with Gasteiger partial charge in [0.1, 0.15) is 24.0 Å². The van der Waals surface area contributed by atoms with Crippen LogP contribution in [0.5, 0.6) is 5.75 Å². The molecule has 2 fully saturated rings. The van der Waals surface area contributed by atoms with E-state index in [1.165, 1.54) is 18.2 Å². The molecule has 0 aromatic heterocycles. The number of nitrogens with one attached hydrogen (secondary N) is 1. The molecule has 0 radical (unpaired) electrons. The van der Waals surface area contributed by atoms with Gasteiger partial charge < -0.3 is 14.6 Å². The maximum atomic E-state index is 13.4. The van der Waals surface area contributed by atoms with Crippen LogP contribution < -0.4 is 9.46 Å². The van der Waals surface area contributed by atoms with E-state index >= 15 is 0 Å². The van der Waals surface area contributed by atoms with Crippen LogP contribution in [0.1, 0.15) is 59.5 Å². The molecule has 4 rings (SSSR count). The van der Waals surface area contributed by atoms with Gasteiger partial charge in [0.05, 0.1) is 26.7 Å². The number of hydrogen-bond donors (Lipinski definition) is 2. The Morgan fingerprint density at radius 1 is 1.30 bits per heavy atom. The van der Waals surface area contributed by atoms with Crippen molar-refractivity contribution in [3.05, 3.63) is 52.0 Å². The summed E-state index contributed by atoms with van der Waals surface area (Å²) < 4.78 is 40.7. The number of aromatic carboxylic acids is 1. The van der Waals surface area contributed by atoms with Crippen LogP contribution in [0.15, 0.2) is 35.2 Å². The molecule has 2 aliphatic rings. The van der Waals surface area contributed by atoms with E-state index in [-0.39, 0.29) is 45.0 Å². The van der Waals surface area contributed by atoms with Crippen molar-refractivity contribution in [3.8, 4) is 11.8 Å². The number of hydrogen-bond acceptors (Lipinski definition) is 6. The lowest BCUT2D eigenvalue weighted by Gasteiger charge is -2.40. The molecule has 2 aliphatic carbocycles. The van der Waals surface area contributed by atoms with Crippen molar-refractivity contribution in [2.24, 2.45) is 0 Å². The van der Waals surface area contributed by atoms with Gasteiger partial charge in [-0.25, -0.2) is 13.2 Å². The number of ether oxygens (including phenoxy) is 2. The van der Waals surface area contributed by atoms with E-state index in [1.807, 2.05) is 6.07 Å². The van der Waals surface area contributed by atoms with Gasteiger partial charge in [-0.15, -0.1) is 0 Å². The van der Waals surface area contributed by atoms with Gasteiger partial charge in [0.15, 0.2) is 0 Å². The lowest BCUT2D eigenvalue weighted by molar-refractivity contribution is -0.0980. The van der Waals surface area contributed by atoms with Crippen LogP contribution in [-0.2, 0) is 14.8 Å². The fraction of sp³-hybridized carbons (Fsp3) is 0.391. The maximum absolute atomic E-state index is 13.4. The zero-order chi connectivity index (χ0) is 23.8. The van der Waals surface area contributed by atoms with Crippen LogP contribution in [0.4, 0.5) is 5.69 Å². The minimum atomic E-state index is -4.19. The summed E-state index contributed by atoms with van der Waals surface area (Å²) in [5.41, 5.74) is 0.123. The van der Waals surface area contributed by atoms with E-state index < -0.39 is 21.6 Å². The van der Waals surface area contributed by atoms with Gasteiger partial charge in [0, 0.05) is 13.2 Å². The van der Waals surface area contributed by atoms with Gasteiger partial charge in [-0.2, -0.15) is 5.26 Å². The highest BCUT2D eigenvalue weighted by atomic mass is 35.5. The van der Waals surface area contributed by atoms with Crippen LogP contribution >= 0.6 is 11.6 Å². The Morgan fingerprint density at radius 2 is 2.03 bits per heavy atom. The highest BCUT2D eigenvalue weighted by molar-refractivity contribution is 7.92. The number of halogens is 1. The third kappa shape index (κ3) is 4.78. The number of nitrogens with zero attached hydrogens (tertiary/aromatic N) is 1. The van der Waals surface area contributed by atoms with Crippen molar-refractivity contribution >= 4 is 33.3 Å². The number of anilines is 1. The first-order valence-corrected chi connectivity index (χ1v) is 12.4. The summed E-state index contributed by atoms with van der Waals surface area (Å²) in [6.45, 7) is 0.197. The molecule has 2 aromatic rings. The lowest BCUT2D eigenvalue weighted by Crippen LogP contribution is -2.44. The molecule has 0 atom stereocenters. The monoisotopic (exact) mass is 490 g/mol. The Labute approximate surface area is 197 Å². The molecule has 0 bridgehead atoms. The summed E-state index contributed by atoms with van der Waals surface area (Å²) >= 11 is 6.18. The highest BCUT2D eigenvalue weighted by Gasteiger charge is 2.38. The number of benzene rings is 2. The Hall–Kier alpha value is -2.80. The van der Waals surface area contributed by atoms with Crippen LogP contribution in [0, 0.1) is 11.3 Å². The first-order valence-electron chi connectivity index (χ1n) is 10.5. The van der Waals surface area contributed by atoms with Crippen molar-refractivity contribution in [1.82, 2.24) is 0 Å². The Morgan fingerprint density at radius 3 is 2.58 bits per heavy atom. The standard InChI is InChI=1S/C23H23ClN2O6S/c1-31-23(7-2-8-23)13-32-20-11-18(24)16(12-25)9-19(20)26-33(29,30)21-10-15(22(27)28)5-6-17(21)14-3-4-14/h5-6,9-11,14,26H,2-4,7-8,13H2,1H3,(H,27,28). The quantitative estimate of drug-likeness (QED) is 0.528. The fourth-order valence-corrected chi connectivity index (χ4v) is 5.44. The van der Waals surface area contributed by atoms with Crippen LogP contribution in [0.2, 0.25) is 5.02 Å². The lowest BCUT2D eigenvalue weighted by atomic mass is 9.81. The molecule has 2 N–H and O–H groups in total. The van der Waals surface area contributed by atoms with E-state index in [0.29, 0.717) is 5.56 Å². The van der Waals surface area contributed by atoms with Gasteiger partial charge >= 0.3 is 5.97 Å². The Balaban J connectivity index is 1.71. The maximum Gasteiger partial charge on any atom is 0.335 e. The van der Waals surface area contributed by atoms with Crippen LogP contribution in [0.25, 0.3) is 0 Å². The molecule has 174 valence electrons. The number of nitriles is 1. The summed E-state index contributed by atoms with van der Waals surface area (Å²) in [5, 5.41) is 18.9. The molecule has 0 amide bonds. The number of rotatable bonds is 9. The van der Waals surface area contributed by atoms with Gasteiger partial charge in [0.2, 0.25) is 0 Å². The van der Waals surface area contributed by atoms with Crippen molar-refractivity contribution in [1.29, 1.82) is 5.26 Å². The van der Waals surface area contributed by atoms with E-state index in [0.717, 1.165) is 38.2 Å². The van der Waals surface area contributed by atoms with Crippen LogP contribution in [-0.4, -0.2) is 38.8 Å². The molecule has 2 aromatic carbocycles. The topological polar surface area (TPSA) is 126 Å². The van der Waals surface area contributed by atoms with Crippen molar-refractivity contribution in [2.75, 3.05) is 18.4 Å². The normalized spacial score (nSPS) is 17.0. The van der Waals surface area contributed by atoms with Crippen molar-refractivity contribution in [2.45, 2.75) is 48.5 Å². The summed E-state index contributed by atoms with van der Waals surface area (Å²) in [5.74, 6) is -0.995. The smallest absolute Gasteiger partial charge is 0.335 e. The van der Waals surface area contributed by atoms with Crippen LogP contribution in [0.3, 0.4) is 0 Å². The molecule has 0 saturated heterocycles. The fourth-order valence-electron chi connectivity index (χ4n) is 3.86. The molecule has 0 aliphatic heterocycles. The predicted molar refractivity (Wildman–Crippen MR) is 121 cm³/mol. The Bertz CT molecular complexity index is 1240. The average molecular weight is 491 g/mol. The van der Waals surface area contributed by atoms with Gasteiger partial charge in [-0.3, -0.25) is 4.72 Å². The predicted octanol–water partition coefficient (Wildman–Crippen LogP) is 4.54. The third-order valence-corrected chi connectivity index (χ3v) is 7.92. The third-order valence-electron chi connectivity index (χ3n) is 6.19. The first-order chi connectivity index (χ1) is 15.7. The summed E-state index contributed by atoms with van der Waals surface area (Å²) in [6, 6.07) is 8.76. The van der Waals surface area contributed by atoms with Gasteiger partial charge in [0.25, 0.3) is 10.0 Å². The zero-order valence-electron chi connectivity index (χ0n) is 17.9. The number of methoxy groups -OCH3 is 1. The summed E-state index contributed by atoms with van der Waals surface area (Å²) in [4.78, 5) is 11.4. The molecule has 10 heteroatoms. The second kappa shape index (κ2) is 8.86. The largest absolute Gasteiger partial charge is 0.488 e. The van der Waals surface area contributed by atoms with E-state index in [4.69, 9.17) is 21.1 Å². The second-order valence-electron chi connectivity index (χ2n) is 8.41. The van der Waals surface area contributed by atoms with Crippen molar-refractivity contribution in [3.63, 3.8) is 0 Å². The number of sulfonamides is 1. The molecule has 8 nitrogen and oxygen atoms in total. The van der Waals surface area contributed by atoms with E-state index in [1.54, 1.807) is 13.2 Å². The van der Waals surface area contributed by atoms with E-state index in [2.05, 4.69) is 4.72 Å². The zero-order valence-corrected chi connectivity index (χ0v) is 19.5. The number of carboxylic acid groups (broad SMARTS) is 1.